The highest BCUT2D eigenvalue weighted by Crippen LogP contribution is 2.42. The normalized spacial score (nSPS) is 22.2. The maximum atomic E-state index is 9.71. The second-order valence-electron chi connectivity index (χ2n) is 5.75. The molecule has 0 N–H and O–H groups in total. The molecule has 3 heteroatoms. The molecule has 1 aromatic carbocycles. The van der Waals surface area contributed by atoms with Gasteiger partial charge in [0.2, 0.25) is 0 Å². The zero-order valence-electron chi connectivity index (χ0n) is 11.9. The third kappa shape index (κ3) is 2.74. The molecule has 1 heterocycles. The van der Waals surface area contributed by atoms with Crippen LogP contribution in [-0.4, -0.2) is 19.3 Å². The van der Waals surface area contributed by atoms with Crippen molar-refractivity contribution in [3.05, 3.63) is 29.8 Å². The summed E-state index contributed by atoms with van der Waals surface area (Å²) in [6.45, 7) is 4.73. The van der Waals surface area contributed by atoms with Gasteiger partial charge in [-0.25, -0.2) is 0 Å². The molecule has 0 aliphatic carbocycles. The van der Waals surface area contributed by atoms with Crippen molar-refractivity contribution >= 4 is 0 Å². The van der Waals surface area contributed by atoms with Crippen molar-refractivity contribution < 1.29 is 9.47 Å². The van der Waals surface area contributed by atoms with Crippen LogP contribution in [0.5, 0.6) is 5.75 Å². The number of nitriles is 1. The van der Waals surface area contributed by atoms with E-state index in [4.69, 9.17) is 9.47 Å². The molecule has 1 aliphatic heterocycles. The van der Waals surface area contributed by atoms with Gasteiger partial charge in [-0.2, -0.15) is 5.26 Å². The molecule has 0 fully saturated rings. The van der Waals surface area contributed by atoms with E-state index in [1.165, 1.54) is 0 Å². The average molecular weight is 259 g/mol. The molecule has 1 unspecified atom stereocenters. The molecule has 1 aromatic rings. The van der Waals surface area contributed by atoms with Gasteiger partial charge in [0.25, 0.3) is 0 Å². The molecule has 0 amide bonds. The molecule has 1 atom stereocenters. The highest BCUT2D eigenvalue weighted by atomic mass is 16.5. The summed E-state index contributed by atoms with van der Waals surface area (Å²) in [6.07, 6.45) is 2.40. The Labute approximate surface area is 115 Å². The minimum Gasteiger partial charge on any atom is -0.493 e. The quantitative estimate of drug-likeness (QED) is 0.831. The third-order valence-electron chi connectivity index (χ3n) is 4.11. The van der Waals surface area contributed by atoms with Crippen molar-refractivity contribution in [3.63, 3.8) is 0 Å². The van der Waals surface area contributed by atoms with Gasteiger partial charge in [-0.3, -0.25) is 0 Å². The zero-order chi connectivity index (χ0) is 13.9. The van der Waals surface area contributed by atoms with E-state index >= 15 is 0 Å². The van der Waals surface area contributed by atoms with Gasteiger partial charge in [0.15, 0.2) is 0 Å². The zero-order valence-corrected chi connectivity index (χ0v) is 11.9. The Hall–Kier alpha value is -1.53. The number of ether oxygens (including phenoxy) is 2. The van der Waals surface area contributed by atoms with E-state index in [0.717, 1.165) is 30.6 Å². The van der Waals surface area contributed by atoms with Gasteiger partial charge in [0.1, 0.15) is 5.75 Å². The molecule has 1 aliphatic rings. The third-order valence-corrected chi connectivity index (χ3v) is 4.11. The molecule has 0 aromatic heterocycles. The molecule has 0 spiro atoms. The van der Waals surface area contributed by atoms with Crippen LogP contribution in [0.15, 0.2) is 24.3 Å². The van der Waals surface area contributed by atoms with Gasteiger partial charge in [-0.15, -0.1) is 0 Å². The van der Waals surface area contributed by atoms with Crippen LogP contribution in [0.3, 0.4) is 0 Å². The van der Waals surface area contributed by atoms with Crippen LogP contribution in [0.1, 0.15) is 38.7 Å². The minimum atomic E-state index is -0.440. The Kier molecular flexibility index (Phi) is 3.82. The highest BCUT2D eigenvalue weighted by Gasteiger charge is 2.39. The van der Waals surface area contributed by atoms with E-state index in [1.54, 1.807) is 7.11 Å². The van der Waals surface area contributed by atoms with Crippen LogP contribution < -0.4 is 4.74 Å². The number of nitrogens with zero attached hydrogens (tertiary/aromatic N) is 1. The summed E-state index contributed by atoms with van der Waals surface area (Å²) in [5.41, 5.74) is 0.387. The maximum Gasteiger partial charge on any atom is 0.124 e. The van der Waals surface area contributed by atoms with Crippen molar-refractivity contribution in [1.82, 2.24) is 0 Å². The van der Waals surface area contributed by atoms with E-state index in [9.17, 15) is 5.26 Å². The van der Waals surface area contributed by atoms with Crippen molar-refractivity contribution in [2.75, 3.05) is 13.7 Å². The van der Waals surface area contributed by atoms with Gasteiger partial charge in [-0.1, -0.05) is 18.2 Å². The van der Waals surface area contributed by atoms with Gasteiger partial charge in [-0.05, 0) is 32.8 Å². The van der Waals surface area contributed by atoms with Crippen molar-refractivity contribution in [1.29, 1.82) is 5.26 Å². The van der Waals surface area contributed by atoms with Crippen molar-refractivity contribution in [2.24, 2.45) is 0 Å². The molecule has 0 saturated heterocycles. The lowest BCUT2D eigenvalue weighted by molar-refractivity contribution is 0.00907. The van der Waals surface area contributed by atoms with Gasteiger partial charge in [0.05, 0.1) is 23.7 Å². The van der Waals surface area contributed by atoms with E-state index in [2.05, 4.69) is 19.9 Å². The van der Waals surface area contributed by atoms with E-state index in [0.29, 0.717) is 6.61 Å². The molecule has 0 saturated carbocycles. The monoisotopic (exact) mass is 259 g/mol. The number of hydrogen-bond acceptors (Lipinski definition) is 3. The number of rotatable bonds is 4. The molecule has 2 rings (SSSR count). The summed E-state index contributed by atoms with van der Waals surface area (Å²) in [7, 11) is 1.72. The summed E-state index contributed by atoms with van der Waals surface area (Å²) < 4.78 is 11.1. The molecule has 19 heavy (non-hydrogen) atoms. The molecule has 0 radical (unpaired) electrons. The second-order valence-corrected chi connectivity index (χ2v) is 5.75. The predicted octanol–water partition coefficient (Wildman–Crippen LogP) is 3.44. The molecular formula is C16H21NO2. The predicted molar refractivity (Wildman–Crippen MR) is 74.2 cm³/mol. The fourth-order valence-electron chi connectivity index (χ4n) is 2.51. The lowest BCUT2D eigenvalue weighted by atomic mass is 9.72. The topological polar surface area (TPSA) is 42.2 Å². The second kappa shape index (κ2) is 5.22. The Morgan fingerprint density at radius 1 is 1.42 bits per heavy atom. The summed E-state index contributed by atoms with van der Waals surface area (Å²) in [4.78, 5) is 0. The highest BCUT2D eigenvalue weighted by molar-refractivity contribution is 5.45. The van der Waals surface area contributed by atoms with Crippen molar-refractivity contribution in [3.8, 4) is 11.8 Å². The number of hydrogen-bond donors (Lipinski definition) is 0. The van der Waals surface area contributed by atoms with Crippen LogP contribution in [0.4, 0.5) is 0 Å². The average Bonchev–Trinajstić information content (AvgIpc) is 2.45. The number of fused-ring (bicyclic) bond motifs is 1. The van der Waals surface area contributed by atoms with Crippen LogP contribution in [-0.2, 0) is 10.2 Å². The molecule has 3 nitrogen and oxygen atoms in total. The van der Waals surface area contributed by atoms with Gasteiger partial charge < -0.3 is 9.47 Å². The largest absolute Gasteiger partial charge is 0.493 e. The smallest absolute Gasteiger partial charge is 0.124 e. The minimum absolute atomic E-state index is 0.197. The first-order chi connectivity index (χ1) is 9.03. The summed E-state index contributed by atoms with van der Waals surface area (Å²) in [5.74, 6) is 0.852. The number of para-hydroxylation sites is 1. The Morgan fingerprint density at radius 2 is 2.16 bits per heavy atom. The number of methoxy groups -OCH3 is 1. The van der Waals surface area contributed by atoms with Gasteiger partial charge >= 0.3 is 0 Å². The standard InChI is InChI=1S/C16H21NO2/c1-15(2,18-3)8-9-16(12-17)10-11-19-14-7-5-4-6-13(14)16/h4-7H,8-11H2,1-3H3. The summed E-state index contributed by atoms with van der Waals surface area (Å²) >= 11 is 0. The van der Waals surface area contributed by atoms with Crippen LogP contribution in [0.25, 0.3) is 0 Å². The SMILES string of the molecule is COC(C)(C)CCC1(C#N)CCOc2ccccc21. The van der Waals surface area contributed by atoms with Crippen LogP contribution >= 0.6 is 0 Å². The first-order valence-electron chi connectivity index (χ1n) is 6.72. The molecule has 0 bridgehead atoms. The Bertz CT molecular complexity index is 490. The van der Waals surface area contributed by atoms with Crippen LogP contribution in [0.2, 0.25) is 0 Å². The first-order valence-corrected chi connectivity index (χ1v) is 6.72. The maximum absolute atomic E-state index is 9.71. The first kappa shape index (κ1) is 13.9. The summed E-state index contributed by atoms with van der Waals surface area (Å²) in [6, 6.07) is 10.4. The van der Waals surface area contributed by atoms with Crippen molar-refractivity contribution in [2.45, 2.75) is 44.1 Å². The van der Waals surface area contributed by atoms with E-state index in [-0.39, 0.29) is 5.60 Å². The fourth-order valence-corrected chi connectivity index (χ4v) is 2.51. The fraction of sp³-hybridized carbons (Fsp3) is 0.562. The molecular weight excluding hydrogens is 238 g/mol. The lowest BCUT2D eigenvalue weighted by Crippen LogP contribution is -2.34. The Morgan fingerprint density at radius 3 is 2.84 bits per heavy atom. The Balaban J connectivity index is 2.28. The lowest BCUT2D eigenvalue weighted by Gasteiger charge is -2.35. The molecule has 102 valence electrons. The summed E-state index contributed by atoms with van der Waals surface area (Å²) in [5, 5.41) is 9.71. The van der Waals surface area contributed by atoms with Gasteiger partial charge in [0, 0.05) is 19.1 Å². The van der Waals surface area contributed by atoms with E-state index in [1.807, 2.05) is 24.3 Å². The van der Waals surface area contributed by atoms with E-state index < -0.39 is 5.41 Å². The number of benzene rings is 1. The van der Waals surface area contributed by atoms with Crippen LogP contribution in [0, 0.1) is 11.3 Å².